The fourth-order valence-electron chi connectivity index (χ4n) is 4.01. The number of rotatable bonds is 4. The minimum absolute atomic E-state index is 0.132. The topological polar surface area (TPSA) is 36.4 Å². The summed E-state index contributed by atoms with van der Waals surface area (Å²) in [6, 6.07) is 24.4. The number of amides is 1. The number of carbonyl (C=O) groups is 1. The monoisotopic (exact) mass is 413 g/mol. The molecule has 0 aliphatic carbocycles. The molecule has 4 aromatic rings. The summed E-state index contributed by atoms with van der Waals surface area (Å²) in [5, 5.41) is 5.40. The Balaban J connectivity index is 1.22. The number of aromatic nitrogens is 1. The smallest absolute Gasteiger partial charge is 0.254 e. The van der Waals surface area contributed by atoms with Crippen LogP contribution in [0.25, 0.3) is 22.0 Å². The summed E-state index contributed by atoms with van der Waals surface area (Å²) < 4.78 is 0. The van der Waals surface area contributed by atoms with E-state index in [0.717, 1.165) is 65.3 Å². The second-order valence-corrected chi connectivity index (χ2v) is 8.53. The number of thiazole rings is 1. The van der Waals surface area contributed by atoms with Gasteiger partial charge in [0.2, 0.25) is 0 Å². The molecule has 0 unspecified atom stereocenters. The molecular weight excluding hydrogens is 390 g/mol. The molecule has 0 bridgehead atoms. The predicted molar refractivity (Wildman–Crippen MR) is 123 cm³/mol. The minimum atomic E-state index is 0.132. The zero-order valence-corrected chi connectivity index (χ0v) is 17.5. The summed E-state index contributed by atoms with van der Waals surface area (Å²) in [5.74, 6) is 0.132. The van der Waals surface area contributed by atoms with E-state index in [-0.39, 0.29) is 5.91 Å². The van der Waals surface area contributed by atoms with E-state index in [1.54, 1.807) is 11.3 Å². The van der Waals surface area contributed by atoms with Crippen molar-refractivity contribution in [2.75, 3.05) is 26.2 Å². The van der Waals surface area contributed by atoms with Gasteiger partial charge in [-0.15, -0.1) is 11.3 Å². The maximum Gasteiger partial charge on any atom is 0.254 e. The molecule has 150 valence electrons. The van der Waals surface area contributed by atoms with E-state index in [0.29, 0.717) is 0 Å². The summed E-state index contributed by atoms with van der Waals surface area (Å²) in [6.07, 6.45) is 0. The molecule has 0 radical (unpaired) electrons. The first-order valence-electron chi connectivity index (χ1n) is 10.3. The second-order valence-electron chi connectivity index (χ2n) is 7.59. The van der Waals surface area contributed by atoms with Crippen LogP contribution in [0.2, 0.25) is 0 Å². The van der Waals surface area contributed by atoms with Crippen LogP contribution in [0.15, 0.2) is 78.2 Å². The van der Waals surface area contributed by atoms with Gasteiger partial charge < -0.3 is 4.90 Å². The molecule has 1 aliphatic heterocycles. The third-order valence-corrected chi connectivity index (χ3v) is 6.49. The fourth-order valence-corrected chi connectivity index (χ4v) is 4.85. The van der Waals surface area contributed by atoms with Gasteiger partial charge in [0.1, 0.15) is 5.01 Å². The number of hydrogen-bond acceptors (Lipinski definition) is 4. The summed E-state index contributed by atoms with van der Waals surface area (Å²) in [7, 11) is 0. The third kappa shape index (κ3) is 3.86. The molecule has 1 fully saturated rings. The highest BCUT2D eigenvalue weighted by Gasteiger charge is 2.23. The van der Waals surface area contributed by atoms with Gasteiger partial charge in [-0.3, -0.25) is 9.69 Å². The average molecular weight is 414 g/mol. The summed E-state index contributed by atoms with van der Waals surface area (Å²) in [6.45, 7) is 4.08. The summed E-state index contributed by atoms with van der Waals surface area (Å²) in [4.78, 5) is 22.3. The van der Waals surface area contributed by atoms with E-state index >= 15 is 0 Å². The van der Waals surface area contributed by atoms with Crippen LogP contribution in [0, 0.1) is 0 Å². The second kappa shape index (κ2) is 8.38. The van der Waals surface area contributed by atoms with Crippen LogP contribution in [-0.4, -0.2) is 46.9 Å². The van der Waals surface area contributed by atoms with E-state index in [1.165, 1.54) is 0 Å². The van der Waals surface area contributed by atoms with Gasteiger partial charge in [-0.2, -0.15) is 0 Å². The van der Waals surface area contributed by atoms with E-state index in [4.69, 9.17) is 4.98 Å². The Bertz CT molecular complexity index is 1160. The van der Waals surface area contributed by atoms with Crippen molar-refractivity contribution in [3.05, 3.63) is 88.7 Å². The molecule has 1 amide bonds. The highest BCUT2D eigenvalue weighted by Crippen LogP contribution is 2.24. The predicted octanol–water partition coefficient (Wildman–Crippen LogP) is 4.92. The van der Waals surface area contributed by atoms with Crippen molar-refractivity contribution in [3.63, 3.8) is 0 Å². The Hall–Kier alpha value is -3.02. The lowest BCUT2D eigenvalue weighted by atomic mass is 10.0. The summed E-state index contributed by atoms with van der Waals surface area (Å²) >= 11 is 1.71. The molecule has 1 aliphatic rings. The largest absolute Gasteiger partial charge is 0.336 e. The van der Waals surface area contributed by atoms with Gasteiger partial charge in [0.25, 0.3) is 5.91 Å². The zero-order valence-electron chi connectivity index (χ0n) is 16.7. The molecule has 4 nitrogen and oxygen atoms in total. The van der Waals surface area contributed by atoms with Crippen molar-refractivity contribution < 1.29 is 4.79 Å². The number of carbonyl (C=O) groups excluding carboxylic acids is 1. The van der Waals surface area contributed by atoms with Gasteiger partial charge in [-0.25, -0.2) is 4.98 Å². The number of piperazine rings is 1. The SMILES string of the molecule is O=C(c1cccc2ccccc12)N1CCN(Cc2nc(-c3ccccc3)cs2)CC1. The van der Waals surface area contributed by atoms with E-state index in [9.17, 15) is 4.79 Å². The van der Waals surface area contributed by atoms with Crippen LogP contribution in [0.3, 0.4) is 0 Å². The van der Waals surface area contributed by atoms with E-state index in [1.807, 2.05) is 53.4 Å². The molecule has 5 rings (SSSR count). The van der Waals surface area contributed by atoms with Crippen molar-refractivity contribution in [3.8, 4) is 11.3 Å². The fraction of sp³-hybridized carbons (Fsp3) is 0.200. The highest BCUT2D eigenvalue weighted by molar-refractivity contribution is 7.09. The van der Waals surface area contributed by atoms with Crippen molar-refractivity contribution in [2.24, 2.45) is 0 Å². The maximum atomic E-state index is 13.1. The van der Waals surface area contributed by atoms with Crippen LogP contribution >= 0.6 is 11.3 Å². The number of nitrogens with zero attached hydrogens (tertiary/aromatic N) is 3. The van der Waals surface area contributed by atoms with Gasteiger partial charge in [0, 0.05) is 42.7 Å². The molecule has 0 N–H and O–H groups in total. The van der Waals surface area contributed by atoms with Crippen molar-refractivity contribution >= 4 is 28.0 Å². The first kappa shape index (κ1) is 19.0. The molecule has 0 atom stereocenters. The lowest BCUT2D eigenvalue weighted by Crippen LogP contribution is -2.48. The molecule has 30 heavy (non-hydrogen) atoms. The Morgan fingerprint density at radius 1 is 0.867 bits per heavy atom. The lowest BCUT2D eigenvalue weighted by Gasteiger charge is -2.34. The van der Waals surface area contributed by atoms with Gasteiger partial charge in [0.15, 0.2) is 0 Å². The molecule has 1 aromatic heterocycles. The lowest BCUT2D eigenvalue weighted by molar-refractivity contribution is 0.0630. The van der Waals surface area contributed by atoms with E-state index < -0.39 is 0 Å². The Morgan fingerprint density at radius 2 is 1.60 bits per heavy atom. The molecule has 1 saturated heterocycles. The zero-order chi connectivity index (χ0) is 20.3. The highest BCUT2D eigenvalue weighted by atomic mass is 32.1. The standard InChI is InChI=1S/C25H23N3OS/c29-25(22-12-6-10-19-7-4-5-11-21(19)22)28-15-13-27(14-16-28)17-24-26-23(18-30-24)20-8-2-1-3-9-20/h1-12,18H,13-17H2. The number of fused-ring (bicyclic) bond motifs is 1. The van der Waals surface area contributed by atoms with Gasteiger partial charge >= 0.3 is 0 Å². The van der Waals surface area contributed by atoms with Crippen LogP contribution in [0.4, 0.5) is 0 Å². The Morgan fingerprint density at radius 3 is 2.43 bits per heavy atom. The van der Waals surface area contributed by atoms with Crippen molar-refractivity contribution in [1.29, 1.82) is 0 Å². The van der Waals surface area contributed by atoms with Gasteiger partial charge in [-0.1, -0.05) is 66.7 Å². The summed E-state index contributed by atoms with van der Waals surface area (Å²) in [5.41, 5.74) is 3.00. The van der Waals surface area contributed by atoms with Crippen LogP contribution in [0.5, 0.6) is 0 Å². The van der Waals surface area contributed by atoms with Crippen molar-refractivity contribution in [2.45, 2.75) is 6.54 Å². The Labute approximate surface area is 180 Å². The van der Waals surface area contributed by atoms with Crippen LogP contribution < -0.4 is 0 Å². The molecule has 3 aromatic carbocycles. The third-order valence-electron chi connectivity index (χ3n) is 5.66. The quantitative estimate of drug-likeness (QED) is 0.476. The molecular formula is C25H23N3OS. The van der Waals surface area contributed by atoms with E-state index in [2.05, 4.69) is 34.5 Å². The van der Waals surface area contributed by atoms with Gasteiger partial charge in [-0.05, 0) is 16.8 Å². The number of benzene rings is 3. The number of hydrogen-bond donors (Lipinski definition) is 0. The van der Waals surface area contributed by atoms with Crippen molar-refractivity contribution in [1.82, 2.24) is 14.8 Å². The molecule has 2 heterocycles. The van der Waals surface area contributed by atoms with Crippen LogP contribution in [0.1, 0.15) is 15.4 Å². The van der Waals surface area contributed by atoms with Gasteiger partial charge in [0.05, 0.1) is 12.2 Å². The first-order valence-corrected chi connectivity index (χ1v) is 11.1. The molecule has 0 saturated carbocycles. The molecule has 0 spiro atoms. The minimum Gasteiger partial charge on any atom is -0.336 e. The molecule has 5 heteroatoms. The maximum absolute atomic E-state index is 13.1. The van der Waals surface area contributed by atoms with Crippen LogP contribution in [-0.2, 0) is 6.54 Å². The average Bonchev–Trinajstić information content (AvgIpc) is 3.28. The first-order chi connectivity index (χ1) is 14.8. The Kier molecular flexibility index (Phi) is 5.30. The normalized spacial score (nSPS) is 14.9.